The van der Waals surface area contributed by atoms with Crippen molar-refractivity contribution in [2.75, 3.05) is 5.43 Å². The van der Waals surface area contributed by atoms with Crippen molar-refractivity contribution in [3.63, 3.8) is 0 Å². The Hall–Kier alpha value is -1.16. The van der Waals surface area contributed by atoms with Crippen LogP contribution in [-0.2, 0) is 19.3 Å². The second-order valence-corrected chi connectivity index (χ2v) is 4.56. The molecule has 1 aromatic rings. The lowest BCUT2D eigenvalue weighted by Gasteiger charge is -2.08. The predicted molar refractivity (Wildman–Crippen MR) is 58.3 cm³/mol. The summed E-state index contributed by atoms with van der Waals surface area (Å²) in [6.45, 7) is 0. The zero-order valence-electron chi connectivity index (χ0n) is 8.79. The van der Waals surface area contributed by atoms with Crippen molar-refractivity contribution in [3.05, 3.63) is 17.1 Å². The molecule has 4 nitrogen and oxygen atoms in total. The van der Waals surface area contributed by atoms with Gasteiger partial charge in [0.25, 0.3) is 0 Å². The average Bonchev–Trinajstić information content (AvgIpc) is 2.93. The summed E-state index contributed by atoms with van der Waals surface area (Å²) in [5, 5.41) is 0. The molecule has 0 bridgehead atoms. The number of hydrogen-bond acceptors (Lipinski definition) is 4. The first-order valence-electron chi connectivity index (χ1n) is 5.72. The molecule has 80 valence electrons. The molecule has 0 aliphatic heterocycles. The maximum absolute atomic E-state index is 5.50. The van der Waals surface area contributed by atoms with Gasteiger partial charge in [0.05, 0.1) is 0 Å². The van der Waals surface area contributed by atoms with Crippen molar-refractivity contribution >= 4 is 5.82 Å². The van der Waals surface area contributed by atoms with E-state index in [4.69, 9.17) is 5.84 Å². The third-order valence-corrected chi connectivity index (χ3v) is 3.28. The van der Waals surface area contributed by atoms with Crippen LogP contribution in [0.5, 0.6) is 0 Å². The number of nitrogens with zero attached hydrogens (tertiary/aromatic N) is 2. The Labute approximate surface area is 89.3 Å². The minimum Gasteiger partial charge on any atom is -0.308 e. The average molecular weight is 204 g/mol. The Morgan fingerprint density at radius 1 is 1.27 bits per heavy atom. The first kappa shape index (κ1) is 9.09. The molecule has 15 heavy (non-hydrogen) atoms. The van der Waals surface area contributed by atoms with E-state index in [2.05, 4.69) is 15.4 Å². The van der Waals surface area contributed by atoms with E-state index in [1.54, 1.807) is 0 Å². The molecule has 3 N–H and O–H groups in total. The molecule has 0 atom stereocenters. The molecule has 1 saturated carbocycles. The molecular weight excluding hydrogens is 188 g/mol. The molecule has 0 saturated heterocycles. The van der Waals surface area contributed by atoms with Gasteiger partial charge in [-0.25, -0.2) is 15.8 Å². The second kappa shape index (κ2) is 3.45. The van der Waals surface area contributed by atoms with Crippen LogP contribution < -0.4 is 11.3 Å². The minimum atomic E-state index is 0.829. The summed E-state index contributed by atoms with van der Waals surface area (Å²) < 4.78 is 0. The van der Waals surface area contributed by atoms with Gasteiger partial charge in [-0.1, -0.05) is 0 Å². The van der Waals surface area contributed by atoms with Gasteiger partial charge in [-0.2, -0.15) is 0 Å². The van der Waals surface area contributed by atoms with Crippen LogP contribution in [0, 0.1) is 5.92 Å². The number of aromatic nitrogens is 2. The van der Waals surface area contributed by atoms with Crippen LogP contribution in [0.25, 0.3) is 0 Å². The van der Waals surface area contributed by atoms with Crippen molar-refractivity contribution in [2.24, 2.45) is 11.8 Å². The first-order valence-corrected chi connectivity index (χ1v) is 5.72. The van der Waals surface area contributed by atoms with E-state index in [1.165, 1.54) is 30.5 Å². The molecule has 0 amide bonds. The normalized spacial score (nSPS) is 19.0. The Bertz CT molecular complexity index is 384. The summed E-state index contributed by atoms with van der Waals surface area (Å²) in [6, 6.07) is 0. The maximum Gasteiger partial charge on any atom is 0.147 e. The lowest BCUT2D eigenvalue weighted by Crippen LogP contribution is -2.14. The quantitative estimate of drug-likeness (QED) is 0.573. The molecule has 1 aromatic heterocycles. The number of hydrogen-bond donors (Lipinski definition) is 2. The Morgan fingerprint density at radius 2 is 2.13 bits per heavy atom. The lowest BCUT2D eigenvalue weighted by molar-refractivity contribution is 0.759. The monoisotopic (exact) mass is 204 g/mol. The van der Waals surface area contributed by atoms with E-state index in [-0.39, 0.29) is 0 Å². The molecule has 3 rings (SSSR count). The van der Waals surface area contributed by atoms with Crippen molar-refractivity contribution in [1.29, 1.82) is 0 Å². The molecule has 2 aliphatic carbocycles. The summed E-state index contributed by atoms with van der Waals surface area (Å²) >= 11 is 0. The van der Waals surface area contributed by atoms with E-state index in [9.17, 15) is 0 Å². The van der Waals surface area contributed by atoms with Gasteiger partial charge in [0, 0.05) is 17.7 Å². The smallest absolute Gasteiger partial charge is 0.147 e. The SMILES string of the molecule is NNc1nc(CC2CC2)nc2c1CCC2. The maximum atomic E-state index is 5.50. The molecule has 1 fully saturated rings. The zero-order valence-corrected chi connectivity index (χ0v) is 8.79. The highest BCUT2D eigenvalue weighted by atomic mass is 15.3. The number of nitrogens with two attached hydrogens (primary N) is 1. The van der Waals surface area contributed by atoms with Crippen molar-refractivity contribution < 1.29 is 0 Å². The van der Waals surface area contributed by atoms with Crippen LogP contribution in [0.2, 0.25) is 0 Å². The summed E-state index contributed by atoms with van der Waals surface area (Å²) in [4.78, 5) is 9.13. The lowest BCUT2D eigenvalue weighted by atomic mass is 10.2. The molecule has 0 radical (unpaired) electrons. The Kier molecular flexibility index (Phi) is 2.09. The van der Waals surface area contributed by atoms with Crippen LogP contribution >= 0.6 is 0 Å². The highest BCUT2D eigenvalue weighted by Gasteiger charge is 2.25. The summed E-state index contributed by atoms with van der Waals surface area (Å²) in [5.74, 6) is 8.16. The molecule has 0 unspecified atom stereocenters. The Morgan fingerprint density at radius 3 is 2.87 bits per heavy atom. The van der Waals surface area contributed by atoms with E-state index in [1.807, 2.05) is 0 Å². The standard InChI is InChI=1S/C11H16N4/c12-15-11-8-2-1-3-9(8)13-10(14-11)6-7-4-5-7/h7H,1-6,12H2,(H,13,14,15). The van der Waals surface area contributed by atoms with Gasteiger partial charge in [0.1, 0.15) is 11.6 Å². The third-order valence-electron chi connectivity index (χ3n) is 3.28. The summed E-state index contributed by atoms with van der Waals surface area (Å²) in [6.07, 6.45) is 7.05. The van der Waals surface area contributed by atoms with Gasteiger partial charge in [-0.3, -0.25) is 0 Å². The number of rotatable bonds is 3. The molecule has 0 spiro atoms. The number of aryl methyl sites for hydroxylation is 1. The number of fused-ring (bicyclic) bond motifs is 1. The number of nitrogens with one attached hydrogen (secondary N) is 1. The minimum absolute atomic E-state index is 0.829. The predicted octanol–water partition coefficient (Wildman–Crippen LogP) is 1.20. The van der Waals surface area contributed by atoms with Gasteiger partial charge in [0.15, 0.2) is 0 Å². The fourth-order valence-electron chi connectivity index (χ4n) is 2.27. The van der Waals surface area contributed by atoms with Crippen molar-refractivity contribution in [3.8, 4) is 0 Å². The van der Waals surface area contributed by atoms with Crippen LogP contribution in [0.3, 0.4) is 0 Å². The topological polar surface area (TPSA) is 63.8 Å². The van der Waals surface area contributed by atoms with E-state index >= 15 is 0 Å². The Balaban J connectivity index is 1.94. The number of nitrogen functional groups attached to an aromatic ring is 1. The molecular formula is C11H16N4. The van der Waals surface area contributed by atoms with Gasteiger partial charge < -0.3 is 5.43 Å². The van der Waals surface area contributed by atoms with Crippen molar-refractivity contribution in [1.82, 2.24) is 9.97 Å². The van der Waals surface area contributed by atoms with Crippen LogP contribution in [0.4, 0.5) is 5.82 Å². The van der Waals surface area contributed by atoms with Crippen LogP contribution in [-0.4, -0.2) is 9.97 Å². The molecule has 2 aliphatic rings. The summed E-state index contributed by atoms with van der Waals surface area (Å²) in [5.41, 5.74) is 5.16. The van der Waals surface area contributed by atoms with Crippen molar-refractivity contribution in [2.45, 2.75) is 38.5 Å². The molecule has 0 aromatic carbocycles. The zero-order chi connectivity index (χ0) is 10.3. The van der Waals surface area contributed by atoms with E-state index in [0.29, 0.717) is 0 Å². The highest BCUT2D eigenvalue weighted by Crippen LogP contribution is 2.33. The summed E-state index contributed by atoms with van der Waals surface area (Å²) in [7, 11) is 0. The van der Waals surface area contributed by atoms with Crippen LogP contribution in [0.1, 0.15) is 36.3 Å². The number of hydrazine groups is 1. The van der Waals surface area contributed by atoms with Crippen LogP contribution in [0.15, 0.2) is 0 Å². The van der Waals surface area contributed by atoms with Gasteiger partial charge in [-0.15, -0.1) is 0 Å². The molecule has 4 heteroatoms. The first-order chi connectivity index (χ1) is 7.36. The second-order valence-electron chi connectivity index (χ2n) is 4.56. The third kappa shape index (κ3) is 1.69. The largest absolute Gasteiger partial charge is 0.308 e. The van der Waals surface area contributed by atoms with E-state index in [0.717, 1.165) is 36.8 Å². The number of anilines is 1. The highest BCUT2D eigenvalue weighted by molar-refractivity contribution is 5.47. The fraction of sp³-hybridized carbons (Fsp3) is 0.636. The fourth-order valence-corrected chi connectivity index (χ4v) is 2.27. The van der Waals surface area contributed by atoms with Gasteiger partial charge >= 0.3 is 0 Å². The van der Waals surface area contributed by atoms with Gasteiger partial charge in [-0.05, 0) is 38.0 Å². The van der Waals surface area contributed by atoms with Gasteiger partial charge in [0.2, 0.25) is 0 Å². The molecule has 1 heterocycles. The van der Waals surface area contributed by atoms with E-state index < -0.39 is 0 Å².